The Labute approximate surface area is 108 Å². The molecule has 0 fully saturated rings. The average Bonchev–Trinajstić information content (AvgIpc) is 2.32. The molecular formula is C14H14FNOS. The number of rotatable bonds is 3. The number of nitrogens with two attached hydrogens (primary N) is 1. The fraction of sp³-hybridized carbons (Fsp3) is 0.143. The van der Waals surface area contributed by atoms with Crippen molar-refractivity contribution in [3.8, 4) is 0 Å². The van der Waals surface area contributed by atoms with E-state index in [9.17, 15) is 8.60 Å². The van der Waals surface area contributed by atoms with Crippen LogP contribution in [0.5, 0.6) is 0 Å². The van der Waals surface area contributed by atoms with Crippen LogP contribution in [0, 0.1) is 12.7 Å². The molecule has 2 aromatic carbocycles. The van der Waals surface area contributed by atoms with Crippen molar-refractivity contribution in [1.29, 1.82) is 0 Å². The van der Waals surface area contributed by atoms with Gasteiger partial charge in [0.2, 0.25) is 0 Å². The summed E-state index contributed by atoms with van der Waals surface area (Å²) in [5, 5.41) is 0. The Hall–Kier alpha value is -1.68. The molecule has 0 aliphatic carbocycles. The van der Waals surface area contributed by atoms with Crippen molar-refractivity contribution in [2.75, 3.05) is 5.73 Å². The maximum absolute atomic E-state index is 12.9. The van der Waals surface area contributed by atoms with E-state index in [1.165, 1.54) is 12.1 Å². The molecule has 1 atom stereocenters. The summed E-state index contributed by atoms with van der Waals surface area (Å²) >= 11 is 0. The van der Waals surface area contributed by atoms with Gasteiger partial charge in [0, 0.05) is 10.6 Å². The van der Waals surface area contributed by atoms with Crippen LogP contribution >= 0.6 is 0 Å². The Balaban J connectivity index is 2.21. The van der Waals surface area contributed by atoms with E-state index in [1.54, 1.807) is 6.07 Å². The molecule has 2 N–H and O–H groups in total. The Morgan fingerprint density at radius 1 is 1.22 bits per heavy atom. The Morgan fingerprint density at radius 3 is 2.67 bits per heavy atom. The van der Waals surface area contributed by atoms with Gasteiger partial charge in [0.25, 0.3) is 0 Å². The summed E-state index contributed by atoms with van der Waals surface area (Å²) in [6, 6.07) is 11.7. The van der Waals surface area contributed by atoms with Crippen molar-refractivity contribution in [2.24, 2.45) is 0 Å². The lowest BCUT2D eigenvalue weighted by Gasteiger charge is -2.06. The summed E-state index contributed by atoms with van der Waals surface area (Å²) in [7, 11) is -1.16. The average molecular weight is 263 g/mol. The van der Waals surface area contributed by atoms with Crippen LogP contribution in [0.15, 0.2) is 47.4 Å². The third-order valence-corrected chi connectivity index (χ3v) is 4.00. The highest BCUT2D eigenvalue weighted by molar-refractivity contribution is 7.84. The van der Waals surface area contributed by atoms with Crippen LogP contribution in [-0.4, -0.2) is 4.21 Å². The van der Waals surface area contributed by atoms with Crippen molar-refractivity contribution in [2.45, 2.75) is 17.6 Å². The quantitative estimate of drug-likeness (QED) is 0.865. The summed E-state index contributed by atoms with van der Waals surface area (Å²) in [5.41, 5.74) is 7.81. The highest BCUT2D eigenvalue weighted by Crippen LogP contribution is 2.19. The smallest absolute Gasteiger partial charge is 0.125 e. The molecule has 0 saturated carbocycles. The number of aryl methyl sites for hydroxylation is 1. The standard InChI is InChI=1S/C14H14FNOS/c1-10-3-2-4-13(7-10)18(17)9-11-5-6-12(15)8-14(11)16/h2-8H,9,16H2,1H3. The Bertz CT molecular complexity index is 598. The molecule has 0 aliphatic heterocycles. The number of anilines is 1. The summed E-state index contributed by atoms with van der Waals surface area (Å²) in [6.07, 6.45) is 0. The van der Waals surface area contributed by atoms with Gasteiger partial charge in [0.05, 0.1) is 16.6 Å². The number of hydrogen-bond donors (Lipinski definition) is 1. The van der Waals surface area contributed by atoms with E-state index in [-0.39, 0.29) is 5.82 Å². The third kappa shape index (κ3) is 2.96. The van der Waals surface area contributed by atoms with Crippen molar-refractivity contribution < 1.29 is 8.60 Å². The summed E-state index contributed by atoms with van der Waals surface area (Å²) < 4.78 is 25.1. The predicted molar refractivity (Wildman–Crippen MR) is 72.1 cm³/mol. The molecule has 0 spiro atoms. The van der Waals surface area contributed by atoms with E-state index in [2.05, 4.69) is 0 Å². The molecular weight excluding hydrogens is 249 g/mol. The molecule has 2 aromatic rings. The van der Waals surface area contributed by atoms with Gasteiger partial charge < -0.3 is 5.73 Å². The predicted octanol–water partition coefficient (Wildman–Crippen LogP) is 3.02. The first-order valence-corrected chi connectivity index (χ1v) is 6.87. The van der Waals surface area contributed by atoms with Gasteiger partial charge in [-0.2, -0.15) is 0 Å². The van der Waals surface area contributed by atoms with E-state index in [1.807, 2.05) is 31.2 Å². The minimum atomic E-state index is -1.16. The molecule has 0 saturated heterocycles. The van der Waals surface area contributed by atoms with Gasteiger partial charge in [-0.05, 0) is 42.3 Å². The molecule has 0 amide bonds. The van der Waals surface area contributed by atoms with Crippen LogP contribution in [0.2, 0.25) is 0 Å². The molecule has 0 heterocycles. The molecule has 4 heteroatoms. The highest BCUT2D eigenvalue weighted by Gasteiger charge is 2.08. The van der Waals surface area contributed by atoms with E-state index < -0.39 is 10.8 Å². The number of halogens is 1. The first-order valence-electron chi connectivity index (χ1n) is 5.55. The molecule has 94 valence electrons. The maximum Gasteiger partial charge on any atom is 0.125 e. The monoisotopic (exact) mass is 263 g/mol. The van der Waals surface area contributed by atoms with Gasteiger partial charge in [-0.3, -0.25) is 4.21 Å². The molecule has 0 aromatic heterocycles. The summed E-state index contributed by atoms with van der Waals surface area (Å²) in [4.78, 5) is 0.763. The fourth-order valence-electron chi connectivity index (χ4n) is 1.68. The third-order valence-electron chi connectivity index (χ3n) is 2.65. The van der Waals surface area contributed by atoms with Gasteiger partial charge in [-0.25, -0.2) is 4.39 Å². The summed E-state index contributed by atoms with van der Waals surface area (Å²) in [6.45, 7) is 1.95. The lowest BCUT2D eigenvalue weighted by molar-refractivity contribution is 0.628. The number of benzene rings is 2. The molecule has 0 radical (unpaired) electrons. The van der Waals surface area contributed by atoms with Crippen LogP contribution in [0.1, 0.15) is 11.1 Å². The Morgan fingerprint density at radius 2 is 2.00 bits per heavy atom. The van der Waals surface area contributed by atoms with Crippen molar-refractivity contribution >= 4 is 16.5 Å². The lowest BCUT2D eigenvalue weighted by atomic mass is 10.2. The first-order chi connectivity index (χ1) is 8.56. The van der Waals surface area contributed by atoms with E-state index in [0.29, 0.717) is 17.0 Å². The maximum atomic E-state index is 12.9. The van der Waals surface area contributed by atoms with Crippen molar-refractivity contribution in [3.05, 3.63) is 59.4 Å². The van der Waals surface area contributed by atoms with Gasteiger partial charge in [0.15, 0.2) is 0 Å². The van der Waals surface area contributed by atoms with Crippen molar-refractivity contribution in [3.63, 3.8) is 0 Å². The molecule has 18 heavy (non-hydrogen) atoms. The number of nitrogen functional groups attached to an aromatic ring is 1. The molecule has 2 nitrogen and oxygen atoms in total. The SMILES string of the molecule is Cc1cccc(S(=O)Cc2ccc(F)cc2N)c1. The Kier molecular flexibility index (Phi) is 3.77. The van der Waals surface area contributed by atoms with Crippen LogP contribution in [0.3, 0.4) is 0 Å². The molecule has 0 aliphatic rings. The van der Waals surface area contributed by atoms with Crippen molar-refractivity contribution in [1.82, 2.24) is 0 Å². The molecule has 0 bridgehead atoms. The first kappa shape index (κ1) is 12.8. The highest BCUT2D eigenvalue weighted by atomic mass is 32.2. The van der Waals surface area contributed by atoms with Crippen LogP contribution in [-0.2, 0) is 16.6 Å². The minimum Gasteiger partial charge on any atom is -0.398 e. The minimum absolute atomic E-state index is 0.301. The molecule has 2 rings (SSSR count). The topological polar surface area (TPSA) is 43.1 Å². The number of hydrogen-bond acceptors (Lipinski definition) is 2. The second kappa shape index (κ2) is 5.31. The fourth-order valence-corrected chi connectivity index (χ4v) is 2.94. The zero-order valence-electron chi connectivity index (χ0n) is 10.0. The zero-order chi connectivity index (χ0) is 13.1. The second-order valence-corrected chi connectivity index (χ2v) is 5.60. The zero-order valence-corrected chi connectivity index (χ0v) is 10.8. The normalized spacial score (nSPS) is 12.3. The van der Waals surface area contributed by atoms with Gasteiger partial charge in [-0.15, -0.1) is 0 Å². The van der Waals surface area contributed by atoms with E-state index in [0.717, 1.165) is 10.5 Å². The largest absolute Gasteiger partial charge is 0.398 e. The summed E-state index contributed by atoms with van der Waals surface area (Å²) in [5.74, 6) is -0.0761. The van der Waals surface area contributed by atoms with Gasteiger partial charge >= 0.3 is 0 Å². The molecule has 1 unspecified atom stereocenters. The van der Waals surface area contributed by atoms with E-state index in [4.69, 9.17) is 5.73 Å². The van der Waals surface area contributed by atoms with E-state index >= 15 is 0 Å². The van der Waals surface area contributed by atoms with Gasteiger partial charge in [-0.1, -0.05) is 18.2 Å². The van der Waals surface area contributed by atoms with Crippen LogP contribution < -0.4 is 5.73 Å². The lowest BCUT2D eigenvalue weighted by Crippen LogP contribution is -2.01. The second-order valence-electron chi connectivity index (χ2n) is 4.15. The van der Waals surface area contributed by atoms with Crippen LogP contribution in [0.25, 0.3) is 0 Å². The van der Waals surface area contributed by atoms with Gasteiger partial charge in [0.1, 0.15) is 5.82 Å². The van der Waals surface area contributed by atoms with Crippen LogP contribution in [0.4, 0.5) is 10.1 Å².